The van der Waals surface area contributed by atoms with E-state index in [4.69, 9.17) is 0 Å². The molecule has 0 saturated heterocycles. The van der Waals surface area contributed by atoms with Crippen molar-refractivity contribution in [2.75, 3.05) is 0 Å². The van der Waals surface area contributed by atoms with Crippen LogP contribution in [0.25, 0.3) is 10.8 Å². The van der Waals surface area contributed by atoms with E-state index >= 15 is 0 Å². The summed E-state index contributed by atoms with van der Waals surface area (Å²) in [4.78, 5) is 0. The zero-order valence-electron chi connectivity index (χ0n) is 11.7. The van der Waals surface area contributed by atoms with Gasteiger partial charge in [-0.25, -0.2) is 4.39 Å². The van der Waals surface area contributed by atoms with Gasteiger partial charge in [-0.1, -0.05) is 31.2 Å². The van der Waals surface area contributed by atoms with Gasteiger partial charge in [0.2, 0.25) is 0 Å². The lowest BCUT2D eigenvalue weighted by Gasteiger charge is -2.17. The standard InChI is InChI=1S/C14H12F4O3S/c1-3-9-8(2)12(15)10-6-4-5-7-11(10)13(9)21-22(19,20)14(16,17)18/h4-7H,3H2,1-2H3. The van der Waals surface area contributed by atoms with Crippen LogP contribution in [0.2, 0.25) is 0 Å². The van der Waals surface area contributed by atoms with Crippen LogP contribution in [0.3, 0.4) is 0 Å². The van der Waals surface area contributed by atoms with Gasteiger partial charge in [0.15, 0.2) is 5.75 Å². The molecule has 0 atom stereocenters. The Labute approximate surface area is 124 Å². The first-order valence-corrected chi connectivity index (χ1v) is 7.71. The summed E-state index contributed by atoms with van der Waals surface area (Å²) in [5.41, 5.74) is -5.40. The minimum atomic E-state index is -5.83. The number of hydrogen-bond acceptors (Lipinski definition) is 3. The molecule has 0 amide bonds. The van der Waals surface area contributed by atoms with E-state index in [1.165, 1.54) is 31.2 Å². The average molecular weight is 336 g/mol. The third kappa shape index (κ3) is 2.63. The van der Waals surface area contributed by atoms with Gasteiger partial charge in [0, 0.05) is 16.3 Å². The second kappa shape index (κ2) is 5.42. The summed E-state index contributed by atoms with van der Waals surface area (Å²) in [7, 11) is -5.83. The molecule has 0 aliphatic carbocycles. The smallest absolute Gasteiger partial charge is 0.375 e. The van der Waals surface area contributed by atoms with Crippen LogP contribution >= 0.6 is 0 Å². The Hall–Kier alpha value is -1.83. The summed E-state index contributed by atoms with van der Waals surface area (Å²) in [6.07, 6.45) is 0.121. The largest absolute Gasteiger partial charge is 0.534 e. The van der Waals surface area contributed by atoms with E-state index in [0.717, 1.165) is 0 Å². The quantitative estimate of drug-likeness (QED) is 0.482. The summed E-state index contributed by atoms with van der Waals surface area (Å²) in [6, 6.07) is 5.63. The second-order valence-electron chi connectivity index (χ2n) is 4.63. The SMILES string of the molecule is CCc1c(C)c(F)c2ccccc2c1OS(=O)(=O)C(F)(F)F. The minimum absolute atomic E-state index is 0.00424. The lowest BCUT2D eigenvalue weighted by molar-refractivity contribution is -0.0499. The van der Waals surface area contributed by atoms with Gasteiger partial charge >= 0.3 is 15.6 Å². The van der Waals surface area contributed by atoms with Crippen molar-refractivity contribution in [1.29, 1.82) is 0 Å². The Kier molecular flexibility index (Phi) is 4.08. The topological polar surface area (TPSA) is 43.4 Å². The Balaban J connectivity index is 2.80. The Bertz CT molecular complexity index is 826. The fourth-order valence-electron chi connectivity index (χ4n) is 2.22. The van der Waals surface area contributed by atoms with Crippen LogP contribution in [0.15, 0.2) is 24.3 Å². The van der Waals surface area contributed by atoms with E-state index in [1.54, 1.807) is 6.92 Å². The number of alkyl halides is 3. The maximum absolute atomic E-state index is 14.3. The van der Waals surface area contributed by atoms with E-state index in [2.05, 4.69) is 4.18 Å². The van der Waals surface area contributed by atoms with E-state index in [1.807, 2.05) is 0 Å². The van der Waals surface area contributed by atoms with Gasteiger partial charge in [-0.3, -0.25) is 0 Å². The molecule has 0 aliphatic heterocycles. The Morgan fingerprint density at radius 3 is 2.18 bits per heavy atom. The van der Waals surface area contributed by atoms with Crippen LogP contribution < -0.4 is 4.18 Å². The molecule has 0 heterocycles. The number of benzene rings is 2. The Morgan fingerprint density at radius 2 is 1.68 bits per heavy atom. The molecule has 8 heteroatoms. The van der Waals surface area contributed by atoms with Crippen molar-refractivity contribution < 1.29 is 30.2 Å². The fraction of sp³-hybridized carbons (Fsp3) is 0.286. The molecular formula is C14H12F4O3S. The number of halogens is 4. The van der Waals surface area contributed by atoms with Crippen molar-refractivity contribution in [1.82, 2.24) is 0 Å². The highest BCUT2D eigenvalue weighted by Gasteiger charge is 2.49. The predicted molar refractivity (Wildman–Crippen MR) is 73.6 cm³/mol. The van der Waals surface area contributed by atoms with Crippen molar-refractivity contribution >= 4 is 20.9 Å². The molecule has 0 aromatic heterocycles. The lowest BCUT2D eigenvalue weighted by atomic mass is 9.98. The van der Waals surface area contributed by atoms with E-state index in [0.29, 0.717) is 0 Å². The van der Waals surface area contributed by atoms with Crippen molar-refractivity contribution in [3.8, 4) is 5.75 Å². The third-order valence-electron chi connectivity index (χ3n) is 3.29. The van der Waals surface area contributed by atoms with Gasteiger partial charge in [0.05, 0.1) is 0 Å². The first kappa shape index (κ1) is 16.5. The summed E-state index contributed by atoms with van der Waals surface area (Å²) >= 11 is 0. The molecule has 2 rings (SSSR count). The van der Waals surface area contributed by atoms with E-state index < -0.39 is 27.2 Å². The number of rotatable bonds is 3. The molecule has 120 valence electrons. The highest BCUT2D eigenvalue weighted by atomic mass is 32.2. The molecule has 2 aromatic carbocycles. The average Bonchev–Trinajstić information content (AvgIpc) is 2.43. The molecule has 0 spiro atoms. The number of hydrogen-bond donors (Lipinski definition) is 0. The molecule has 0 N–H and O–H groups in total. The first-order chi connectivity index (χ1) is 10.1. The van der Waals surface area contributed by atoms with Gasteiger partial charge in [0.1, 0.15) is 5.82 Å². The van der Waals surface area contributed by atoms with Crippen LogP contribution in [0, 0.1) is 12.7 Å². The van der Waals surface area contributed by atoms with E-state index in [-0.39, 0.29) is 28.3 Å². The lowest BCUT2D eigenvalue weighted by Crippen LogP contribution is -2.28. The third-order valence-corrected chi connectivity index (χ3v) is 4.25. The van der Waals surface area contributed by atoms with Crippen molar-refractivity contribution in [3.05, 3.63) is 41.2 Å². The second-order valence-corrected chi connectivity index (χ2v) is 6.17. The van der Waals surface area contributed by atoms with Gasteiger partial charge < -0.3 is 4.18 Å². The first-order valence-electron chi connectivity index (χ1n) is 6.30. The van der Waals surface area contributed by atoms with Crippen LogP contribution in [0.1, 0.15) is 18.1 Å². The highest BCUT2D eigenvalue weighted by Crippen LogP contribution is 2.38. The minimum Gasteiger partial charge on any atom is -0.375 e. The number of fused-ring (bicyclic) bond motifs is 1. The molecule has 0 radical (unpaired) electrons. The molecular weight excluding hydrogens is 324 g/mol. The molecule has 0 fully saturated rings. The summed E-state index contributed by atoms with van der Waals surface area (Å²) in [6.45, 7) is 2.94. The van der Waals surface area contributed by atoms with Crippen LogP contribution in [0.4, 0.5) is 17.6 Å². The van der Waals surface area contributed by atoms with Gasteiger partial charge in [0.25, 0.3) is 0 Å². The maximum atomic E-state index is 14.3. The summed E-state index contributed by atoms with van der Waals surface area (Å²) in [5, 5.41) is -0.0140. The predicted octanol–water partition coefficient (Wildman–Crippen LogP) is 4.08. The van der Waals surface area contributed by atoms with Gasteiger partial charge in [-0.05, 0) is 18.9 Å². The van der Waals surface area contributed by atoms with Crippen molar-refractivity contribution in [3.63, 3.8) is 0 Å². The fourth-order valence-corrected chi connectivity index (χ4v) is 2.72. The van der Waals surface area contributed by atoms with Crippen LogP contribution in [-0.4, -0.2) is 13.9 Å². The molecule has 0 saturated carbocycles. The van der Waals surface area contributed by atoms with Gasteiger partial charge in [-0.2, -0.15) is 21.6 Å². The van der Waals surface area contributed by atoms with Crippen LogP contribution in [0.5, 0.6) is 5.75 Å². The summed E-state index contributed by atoms with van der Waals surface area (Å²) in [5.74, 6) is -1.08. The van der Waals surface area contributed by atoms with Crippen LogP contribution in [-0.2, 0) is 16.5 Å². The normalized spacial score (nSPS) is 12.6. The monoisotopic (exact) mass is 336 g/mol. The molecule has 2 aromatic rings. The van der Waals surface area contributed by atoms with Crippen molar-refractivity contribution in [2.45, 2.75) is 25.8 Å². The molecule has 22 heavy (non-hydrogen) atoms. The van der Waals surface area contributed by atoms with Crippen molar-refractivity contribution in [2.24, 2.45) is 0 Å². The molecule has 3 nitrogen and oxygen atoms in total. The van der Waals surface area contributed by atoms with E-state index in [9.17, 15) is 26.0 Å². The molecule has 0 unspecified atom stereocenters. The molecule has 0 bridgehead atoms. The summed E-state index contributed by atoms with van der Waals surface area (Å²) < 4.78 is 78.8. The zero-order valence-corrected chi connectivity index (χ0v) is 12.5. The highest BCUT2D eigenvalue weighted by molar-refractivity contribution is 7.88. The zero-order chi connectivity index (χ0) is 16.7. The van der Waals surface area contributed by atoms with Gasteiger partial charge in [-0.15, -0.1) is 0 Å². The molecule has 0 aliphatic rings. The maximum Gasteiger partial charge on any atom is 0.534 e. The Morgan fingerprint density at radius 1 is 1.14 bits per heavy atom.